The summed E-state index contributed by atoms with van der Waals surface area (Å²) in [6.45, 7) is 6.05. The van der Waals surface area contributed by atoms with Crippen LogP contribution in [0, 0.1) is 5.92 Å². The topological polar surface area (TPSA) is 64.0 Å². The van der Waals surface area contributed by atoms with Crippen LogP contribution in [0.4, 0.5) is 13.2 Å². The van der Waals surface area contributed by atoms with Crippen LogP contribution < -0.4 is 4.72 Å². The second-order valence-corrected chi connectivity index (χ2v) is 12.0. The molecule has 0 saturated heterocycles. The lowest BCUT2D eigenvalue weighted by molar-refractivity contribution is -0.137. The van der Waals surface area contributed by atoms with Crippen molar-refractivity contribution >= 4 is 26.0 Å². The zero-order chi connectivity index (χ0) is 24.9. The fourth-order valence-electron chi connectivity index (χ4n) is 3.92. The van der Waals surface area contributed by atoms with Crippen LogP contribution in [0.25, 0.3) is 11.3 Å². The first-order valence-corrected chi connectivity index (χ1v) is 13.1. The van der Waals surface area contributed by atoms with Crippen LogP contribution in [0.3, 0.4) is 0 Å². The normalized spacial score (nSPS) is 16.0. The van der Waals surface area contributed by atoms with Crippen molar-refractivity contribution in [2.75, 3.05) is 0 Å². The maximum absolute atomic E-state index is 13.2. The van der Waals surface area contributed by atoms with E-state index >= 15 is 0 Å². The molecule has 2 aromatic carbocycles. The standard InChI is InChI=1S/C24H25BrF3N3O2S/c1-23(2,3)31-22(18-6-4-5-7-20(18)25)19(14-29-31)21(15-8-9-15)30-34(32,33)17-12-10-16(11-13-17)24(26,27)28/h4-7,10-15,21,30H,8-9H2,1-3H3. The van der Waals surface area contributed by atoms with E-state index in [1.54, 1.807) is 6.20 Å². The summed E-state index contributed by atoms with van der Waals surface area (Å²) in [5.74, 6) is 0.0723. The van der Waals surface area contributed by atoms with Gasteiger partial charge in [0.2, 0.25) is 10.0 Å². The van der Waals surface area contributed by atoms with Gasteiger partial charge in [-0.15, -0.1) is 0 Å². The van der Waals surface area contributed by atoms with Crippen LogP contribution in [0.5, 0.6) is 0 Å². The van der Waals surface area contributed by atoms with Crippen LogP contribution >= 0.6 is 15.9 Å². The molecule has 0 aliphatic heterocycles. The smallest absolute Gasteiger partial charge is 0.259 e. The molecular weight excluding hydrogens is 531 g/mol. The van der Waals surface area contributed by atoms with Crippen LogP contribution in [0.1, 0.15) is 50.8 Å². The minimum absolute atomic E-state index is 0.0723. The van der Waals surface area contributed by atoms with E-state index in [0.29, 0.717) is 0 Å². The summed E-state index contributed by atoms with van der Waals surface area (Å²) in [7, 11) is -4.08. The lowest BCUT2D eigenvalue weighted by Crippen LogP contribution is -2.31. The quantitative estimate of drug-likeness (QED) is 0.376. The van der Waals surface area contributed by atoms with Crippen LogP contribution in [0.15, 0.2) is 64.1 Å². The molecule has 4 rings (SSSR count). The van der Waals surface area contributed by atoms with Crippen molar-refractivity contribution in [3.63, 3.8) is 0 Å². The molecule has 0 radical (unpaired) electrons. The van der Waals surface area contributed by atoms with Crippen molar-refractivity contribution < 1.29 is 21.6 Å². The zero-order valence-electron chi connectivity index (χ0n) is 18.9. The molecule has 1 unspecified atom stereocenters. The Kier molecular flexibility index (Phi) is 6.46. The molecule has 1 saturated carbocycles. The van der Waals surface area contributed by atoms with Gasteiger partial charge >= 0.3 is 6.18 Å². The minimum Gasteiger partial charge on any atom is -0.259 e. The van der Waals surface area contributed by atoms with Gasteiger partial charge in [0, 0.05) is 15.6 Å². The van der Waals surface area contributed by atoms with E-state index < -0.39 is 27.8 Å². The Morgan fingerprint density at radius 2 is 1.68 bits per heavy atom. The molecule has 1 aliphatic rings. The first kappa shape index (κ1) is 24.9. The van der Waals surface area contributed by atoms with Crippen molar-refractivity contribution in [2.24, 2.45) is 5.92 Å². The van der Waals surface area contributed by atoms with E-state index in [-0.39, 0.29) is 16.4 Å². The third-order valence-electron chi connectivity index (χ3n) is 5.76. The summed E-state index contributed by atoms with van der Waals surface area (Å²) in [5.41, 5.74) is 1.15. The number of rotatable bonds is 6. The number of halogens is 4. The Hall–Kier alpha value is -2.17. The van der Waals surface area contributed by atoms with Crippen molar-refractivity contribution in [2.45, 2.75) is 56.3 Å². The molecule has 1 fully saturated rings. The molecule has 1 heterocycles. The van der Waals surface area contributed by atoms with Crippen molar-refractivity contribution in [3.05, 3.63) is 70.3 Å². The van der Waals surface area contributed by atoms with Gasteiger partial charge < -0.3 is 0 Å². The number of sulfonamides is 1. The number of aromatic nitrogens is 2. The Labute approximate surface area is 205 Å². The summed E-state index contributed by atoms with van der Waals surface area (Å²) in [6, 6.07) is 10.6. The number of nitrogens with one attached hydrogen (secondary N) is 1. The van der Waals surface area contributed by atoms with E-state index in [1.807, 2.05) is 49.7 Å². The highest BCUT2D eigenvalue weighted by molar-refractivity contribution is 9.10. The van der Waals surface area contributed by atoms with Crippen molar-refractivity contribution in [1.29, 1.82) is 0 Å². The van der Waals surface area contributed by atoms with E-state index in [4.69, 9.17) is 0 Å². The molecule has 0 amide bonds. The highest BCUT2D eigenvalue weighted by Gasteiger charge is 2.39. The second-order valence-electron chi connectivity index (χ2n) is 9.47. The molecule has 1 aliphatic carbocycles. The summed E-state index contributed by atoms with van der Waals surface area (Å²) in [6.07, 6.45) is -1.16. The number of alkyl halides is 3. The SMILES string of the molecule is CC(C)(C)n1ncc(C(NS(=O)(=O)c2ccc(C(F)(F)F)cc2)C2CC2)c1-c1ccccc1Br. The average Bonchev–Trinajstić information content (AvgIpc) is 3.49. The van der Waals surface area contributed by atoms with Gasteiger partial charge in [0.05, 0.1) is 33.9 Å². The lowest BCUT2D eigenvalue weighted by Gasteiger charge is -2.25. The van der Waals surface area contributed by atoms with Crippen LogP contribution in [-0.2, 0) is 21.7 Å². The molecule has 182 valence electrons. The van der Waals surface area contributed by atoms with Gasteiger partial charge in [0.15, 0.2) is 0 Å². The molecule has 1 N–H and O–H groups in total. The third kappa shape index (κ3) is 5.08. The van der Waals surface area contributed by atoms with E-state index in [2.05, 4.69) is 25.8 Å². The predicted molar refractivity (Wildman–Crippen MR) is 128 cm³/mol. The van der Waals surface area contributed by atoms with Gasteiger partial charge in [-0.1, -0.05) is 34.1 Å². The predicted octanol–water partition coefficient (Wildman–Crippen LogP) is 6.52. The summed E-state index contributed by atoms with van der Waals surface area (Å²) >= 11 is 3.60. The zero-order valence-corrected chi connectivity index (χ0v) is 21.3. The Bertz CT molecular complexity index is 1290. The maximum Gasteiger partial charge on any atom is 0.416 e. The number of hydrogen-bond donors (Lipinski definition) is 1. The summed E-state index contributed by atoms with van der Waals surface area (Å²) in [4.78, 5) is -0.211. The maximum atomic E-state index is 13.2. The second kappa shape index (κ2) is 8.80. The largest absolute Gasteiger partial charge is 0.416 e. The van der Waals surface area contributed by atoms with Crippen molar-refractivity contribution in [1.82, 2.24) is 14.5 Å². The monoisotopic (exact) mass is 555 g/mol. The molecule has 1 atom stereocenters. The van der Waals surface area contributed by atoms with E-state index in [9.17, 15) is 21.6 Å². The Balaban J connectivity index is 1.77. The first-order chi connectivity index (χ1) is 15.8. The lowest BCUT2D eigenvalue weighted by atomic mass is 9.98. The fourth-order valence-corrected chi connectivity index (χ4v) is 5.68. The molecule has 5 nitrogen and oxygen atoms in total. The van der Waals surface area contributed by atoms with Crippen molar-refractivity contribution in [3.8, 4) is 11.3 Å². The average molecular weight is 556 g/mol. The minimum atomic E-state index is -4.54. The van der Waals surface area contributed by atoms with Gasteiger partial charge in [-0.25, -0.2) is 13.1 Å². The van der Waals surface area contributed by atoms with Crippen LogP contribution in [0.2, 0.25) is 0 Å². The number of nitrogens with zero attached hydrogens (tertiary/aromatic N) is 2. The first-order valence-electron chi connectivity index (χ1n) is 10.8. The molecule has 1 aromatic heterocycles. The fraction of sp³-hybridized carbons (Fsp3) is 0.375. The van der Waals surface area contributed by atoms with Gasteiger partial charge in [-0.3, -0.25) is 4.68 Å². The number of hydrogen-bond acceptors (Lipinski definition) is 3. The molecule has 0 bridgehead atoms. The van der Waals surface area contributed by atoms with Crippen LogP contribution in [-0.4, -0.2) is 18.2 Å². The van der Waals surface area contributed by atoms with Gasteiger partial charge in [0.1, 0.15) is 0 Å². The highest BCUT2D eigenvalue weighted by Crippen LogP contribution is 2.46. The molecule has 0 spiro atoms. The highest BCUT2D eigenvalue weighted by atomic mass is 79.9. The van der Waals surface area contributed by atoms with E-state index in [1.165, 1.54) is 0 Å². The Morgan fingerprint density at radius 3 is 2.21 bits per heavy atom. The van der Waals surface area contributed by atoms with Gasteiger partial charge in [-0.2, -0.15) is 18.3 Å². The molecule has 34 heavy (non-hydrogen) atoms. The summed E-state index contributed by atoms with van der Waals surface area (Å²) < 4.78 is 70.6. The van der Waals surface area contributed by atoms with E-state index in [0.717, 1.165) is 58.4 Å². The van der Waals surface area contributed by atoms with Gasteiger partial charge in [-0.05, 0) is 69.9 Å². The molecule has 10 heteroatoms. The number of benzene rings is 2. The van der Waals surface area contributed by atoms with Gasteiger partial charge in [0.25, 0.3) is 0 Å². The summed E-state index contributed by atoms with van der Waals surface area (Å²) in [5, 5.41) is 4.61. The molecular formula is C24H25BrF3N3O2S. The Morgan fingerprint density at radius 1 is 1.06 bits per heavy atom. The third-order valence-corrected chi connectivity index (χ3v) is 7.91. The molecule has 3 aromatic rings.